The zero-order valence-electron chi connectivity index (χ0n) is 29.1. The highest BCUT2D eigenvalue weighted by Crippen LogP contribution is 2.56. The number of benzene rings is 5. The quantitative estimate of drug-likeness (QED) is 0.142. The Morgan fingerprint density at radius 1 is 0.755 bits per heavy atom. The average Bonchev–Trinajstić information content (AvgIpc) is 3.43. The number of aryl methyl sites for hydroxylation is 1. The standard InChI is InChI=1S/C32H25N.C10H8BrCl.2C2H6/c1-22-16-18-26(31(33)20-22)23-17-19-28-27-14-8-9-15-29(27)32(30(28)21-23,24-10-4-2-5-11-24)25-12-6-3-7-13-25;1-8(12)9-4-2-6-10(11)7-3-5-9;2*1-2/h2-21H,33H2,1H3;2,4,6,9H,1,7H2;2*1-2H3/b;4-2-,10-6+;;. The summed E-state index contributed by atoms with van der Waals surface area (Å²) in [6.45, 7) is 13.7. The summed E-state index contributed by atoms with van der Waals surface area (Å²) in [7, 11) is 0. The number of rotatable bonds is 4. The van der Waals surface area contributed by atoms with Crippen LogP contribution in [-0.2, 0) is 5.41 Å². The molecule has 248 valence electrons. The van der Waals surface area contributed by atoms with Crippen LogP contribution in [0.4, 0.5) is 5.69 Å². The first-order chi connectivity index (χ1) is 23.9. The molecule has 0 spiro atoms. The Bertz CT molecular complexity index is 1950. The Balaban J connectivity index is 0.000000285. The summed E-state index contributed by atoms with van der Waals surface area (Å²) in [5.41, 5.74) is 18.1. The van der Waals surface area contributed by atoms with Crippen molar-refractivity contribution in [2.45, 2.75) is 46.5 Å². The molecule has 5 aromatic rings. The van der Waals surface area contributed by atoms with Gasteiger partial charge in [0.1, 0.15) is 0 Å². The minimum Gasteiger partial charge on any atom is -0.398 e. The minimum absolute atomic E-state index is 0.0106. The Labute approximate surface area is 307 Å². The van der Waals surface area contributed by atoms with Gasteiger partial charge in [-0.15, -0.1) is 0 Å². The molecule has 7 rings (SSSR count). The largest absolute Gasteiger partial charge is 0.398 e. The highest BCUT2D eigenvalue weighted by molar-refractivity contribution is 9.11. The predicted molar refractivity (Wildman–Crippen MR) is 218 cm³/mol. The monoisotopic (exact) mass is 725 g/mol. The van der Waals surface area contributed by atoms with Crippen LogP contribution < -0.4 is 5.73 Å². The summed E-state index contributed by atoms with van der Waals surface area (Å²) >= 11 is 9.12. The molecule has 0 radical (unpaired) electrons. The Hall–Kier alpha value is -4.55. The summed E-state index contributed by atoms with van der Waals surface area (Å²) in [5.74, 6) is 6.01. The second-order valence-corrected chi connectivity index (χ2v) is 12.8. The highest BCUT2D eigenvalue weighted by Gasteiger charge is 2.46. The van der Waals surface area contributed by atoms with E-state index in [2.05, 4.69) is 163 Å². The Kier molecular flexibility index (Phi) is 13.5. The molecule has 5 aromatic carbocycles. The van der Waals surface area contributed by atoms with Crippen LogP contribution in [0.25, 0.3) is 22.3 Å². The van der Waals surface area contributed by atoms with Crippen molar-refractivity contribution in [3.8, 4) is 34.1 Å². The zero-order chi connectivity index (χ0) is 35.4. The van der Waals surface area contributed by atoms with E-state index < -0.39 is 0 Å². The van der Waals surface area contributed by atoms with Gasteiger partial charge < -0.3 is 5.73 Å². The first-order valence-electron chi connectivity index (χ1n) is 17.0. The van der Waals surface area contributed by atoms with Crippen molar-refractivity contribution in [3.05, 3.63) is 183 Å². The smallest absolute Gasteiger partial charge is 0.0736 e. The van der Waals surface area contributed by atoms with Crippen LogP contribution in [0.2, 0.25) is 0 Å². The molecule has 0 saturated carbocycles. The lowest BCUT2D eigenvalue weighted by Crippen LogP contribution is -2.28. The van der Waals surface area contributed by atoms with E-state index in [1.165, 1.54) is 38.9 Å². The van der Waals surface area contributed by atoms with Gasteiger partial charge in [0, 0.05) is 27.2 Å². The van der Waals surface area contributed by atoms with Gasteiger partial charge in [-0.3, -0.25) is 0 Å². The minimum atomic E-state index is -0.385. The summed E-state index contributed by atoms with van der Waals surface area (Å²) in [6, 6.07) is 43.8. The van der Waals surface area contributed by atoms with Crippen LogP contribution in [0.5, 0.6) is 0 Å². The van der Waals surface area contributed by atoms with E-state index in [0.29, 0.717) is 5.03 Å². The summed E-state index contributed by atoms with van der Waals surface area (Å²) in [4.78, 5) is 0. The maximum absolute atomic E-state index is 6.47. The lowest BCUT2D eigenvalue weighted by atomic mass is 9.67. The summed E-state index contributed by atoms with van der Waals surface area (Å²) < 4.78 is 1.09. The molecule has 1 unspecified atom stereocenters. The van der Waals surface area contributed by atoms with Crippen LogP contribution in [0, 0.1) is 24.7 Å². The Morgan fingerprint density at radius 2 is 1.33 bits per heavy atom. The molecule has 2 aliphatic rings. The van der Waals surface area contributed by atoms with Crippen molar-refractivity contribution in [2.75, 3.05) is 5.73 Å². The van der Waals surface area contributed by atoms with Gasteiger partial charge >= 0.3 is 0 Å². The second kappa shape index (κ2) is 17.7. The van der Waals surface area contributed by atoms with Gasteiger partial charge in [0.2, 0.25) is 0 Å². The van der Waals surface area contributed by atoms with Crippen molar-refractivity contribution in [2.24, 2.45) is 5.92 Å². The lowest BCUT2D eigenvalue weighted by Gasteiger charge is -2.34. The first kappa shape index (κ1) is 37.3. The third-order valence-corrected chi connectivity index (χ3v) is 9.19. The number of nitrogen functional groups attached to an aromatic ring is 1. The molecule has 0 aliphatic heterocycles. The summed E-state index contributed by atoms with van der Waals surface area (Å²) in [6.07, 6.45) is 6.59. The number of allylic oxidation sites excluding steroid dienone is 5. The van der Waals surface area contributed by atoms with Gasteiger partial charge in [0.15, 0.2) is 0 Å². The zero-order valence-corrected chi connectivity index (χ0v) is 31.4. The molecule has 0 saturated heterocycles. The van der Waals surface area contributed by atoms with E-state index >= 15 is 0 Å². The van der Waals surface area contributed by atoms with E-state index in [1.807, 2.05) is 45.9 Å². The van der Waals surface area contributed by atoms with Crippen molar-refractivity contribution in [3.63, 3.8) is 0 Å². The molecule has 2 aliphatic carbocycles. The normalized spacial score (nSPS) is 16.2. The molecule has 0 aromatic heterocycles. The highest BCUT2D eigenvalue weighted by atomic mass is 79.9. The molecule has 49 heavy (non-hydrogen) atoms. The second-order valence-electron chi connectivity index (χ2n) is 11.3. The molecular weight excluding hydrogens is 682 g/mol. The molecule has 1 atom stereocenters. The number of hydrogen-bond acceptors (Lipinski definition) is 1. The molecule has 0 bridgehead atoms. The fourth-order valence-corrected chi connectivity index (χ4v) is 6.78. The van der Waals surface area contributed by atoms with E-state index in [9.17, 15) is 0 Å². The third kappa shape index (κ3) is 8.02. The SMILES string of the molecule is C=C(Cl)C1C#CC/C(Br)=C\C=C/1.CC.CC.Cc1ccc(-c2ccc3c(c2)C(c2ccccc2)(c2ccccc2)c2ccccc2-3)c(N)c1. The van der Waals surface area contributed by atoms with Crippen molar-refractivity contribution >= 4 is 33.2 Å². The fraction of sp³-hybridized carbons (Fsp3) is 0.174. The molecule has 2 N–H and O–H groups in total. The molecule has 0 fully saturated rings. The predicted octanol–water partition coefficient (Wildman–Crippen LogP) is 13.3. The molecule has 0 amide bonds. The van der Waals surface area contributed by atoms with Crippen LogP contribution in [0.1, 0.15) is 61.9 Å². The van der Waals surface area contributed by atoms with Gasteiger partial charge in [-0.2, -0.15) is 0 Å². The van der Waals surface area contributed by atoms with Crippen LogP contribution in [0.15, 0.2) is 156 Å². The van der Waals surface area contributed by atoms with Crippen LogP contribution in [0.3, 0.4) is 0 Å². The van der Waals surface area contributed by atoms with E-state index in [-0.39, 0.29) is 11.3 Å². The van der Waals surface area contributed by atoms with Crippen molar-refractivity contribution < 1.29 is 0 Å². The van der Waals surface area contributed by atoms with E-state index in [4.69, 9.17) is 17.3 Å². The van der Waals surface area contributed by atoms with Gasteiger partial charge in [0.25, 0.3) is 0 Å². The number of hydrogen-bond donors (Lipinski definition) is 1. The van der Waals surface area contributed by atoms with Gasteiger partial charge in [-0.25, -0.2) is 0 Å². The molecular formula is C46H45BrClN. The van der Waals surface area contributed by atoms with E-state index in [0.717, 1.165) is 27.7 Å². The van der Waals surface area contributed by atoms with Crippen molar-refractivity contribution in [1.29, 1.82) is 0 Å². The lowest BCUT2D eigenvalue weighted by molar-refractivity contribution is 0.769. The third-order valence-electron chi connectivity index (χ3n) is 8.41. The molecule has 0 heterocycles. The number of halogens is 2. The van der Waals surface area contributed by atoms with Crippen LogP contribution >= 0.6 is 27.5 Å². The first-order valence-corrected chi connectivity index (χ1v) is 18.1. The number of anilines is 1. The molecule has 1 nitrogen and oxygen atoms in total. The number of nitrogens with two attached hydrogens (primary N) is 1. The average molecular weight is 727 g/mol. The fourth-order valence-electron chi connectivity index (χ4n) is 6.36. The maximum atomic E-state index is 6.47. The summed E-state index contributed by atoms with van der Waals surface area (Å²) in [5, 5.41) is 0.574. The van der Waals surface area contributed by atoms with Gasteiger partial charge in [0.05, 0.1) is 11.3 Å². The number of fused-ring (bicyclic) bond motifs is 3. The topological polar surface area (TPSA) is 26.0 Å². The van der Waals surface area contributed by atoms with Crippen LogP contribution in [-0.4, -0.2) is 0 Å². The van der Waals surface area contributed by atoms with Gasteiger partial charge in [-0.1, -0.05) is 201 Å². The van der Waals surface area contributed by atoms with Gasteiger partial charge in [-0.05, 0) is 63.6 Å². The maximum Gasteiger partial charge on any atom is 0.0736 e. The van der Waals surface area contributed by atoms with E-state index in [1.54, 1.807) is 0 Å². The molecule has 3 heteroatoms. The Morgan fingerprint density at radius 3 is 1.94 bits per heavy atom. The van der Waals surface area contributed by atoms with Crippen molar-refractivity contribution in [1.82, 2.24) is 0 Å².